The van der Waals surface area contributed by atoms with E-state index in [9.17, 15) is 0 Å². The van der Waals surface area contributed by atoms with Crippen molar-refractivity contribution < 1.29 is 16.8 Å². The first-order valence-corrected chi connectivity index (χ1v) is 5.68. The minimum absolute atomic E-state index is 0. The maximum atomic E-state index is 5.91. The molecule has 0 aliphatic rings. The molecule has 2 aromatic carbocycles. The first-order chi connectivity index (χ1) is 8.27. The van der Waals surface area contributed by atoms with Crippen LogP contribution in [0, 0.1) is 0 Å². The second kappa shape index (κ2) is 4.83. The van der Waals surface area contributed by atoms with Crippen LogP contribution in [0.3, 0.4) is 0 Å². The Morgan fingerprint density at radius 3 is 1.67 bits per heavy atom. The Balaban J connectivity index is 0.00000120. The summed E-state index contributed by atoms with van der Waals surface area (Å²) in [6.07, 6.45) is 0. The third-order valence-corrected chi connectivity index (χ3v) is 2.95. The van der Waals surface area contributed by atoms with Crippen molar-refractivity contribution in [3.8, 4) is 0 Å². The van der Waals surface area contributed by atoms with Gasteiger partial charge >= 0.3 is 11.2 Å². The van der Waals surface area contributed by atoms with Crippen LogP contribution in [-0.2, 0) is 0 Å². The topological polar surface area (TPSA) is 14.5 Å². The van der Waals surface area contributed by atoms with E-state index in [-0.39, 0.29) is 12.4 Å². The fraction of sp³-hybridized carbons (Fsp3) is 0.133. The quantitative estimate of drug-likeness (QED) is 0.477. The van der Waals surface area contributed by atoms with Crippen LogP contribution in [0.25, 0.3) is 21.9 Å². The van der Waals surface area contributed by atoms with Gasteiger partial charge in [-0.05, 0) is 12.1 Å². The van der Waals surface area contributed by atoms with Gasteiger partial charge in [0.15, 0.2) is 0 Å². The molecule has 0 fully saturated rings. The van der Waals surface area contributed by atoms with E-state index >= 15 is 0 Å². The molecule has 0 aliphatic heterocycles. The first kappa shape index (κ1) is 12.7. The number of hydrogen-bond donors (Lipinski definition) is 0. The minimum atomic E-state index is 0. The fourth-order valence-electron chi connectivity index (χ4n) is 2.25. The van der Waals surface area contributed by atoms with E-state index in [0.717, 1.165) is 21.9 Å². The lowest BCUT2D eigenvalue weighted by atomic mass is 10.1. The summed E-state index contributed by atoms with van der Waals surface area (Å²) in [5.41, 5.74) is 3.06. The van der Waals surface area contributed by atoms with Crippen molar-refractivity contribution in [2.75, 3.05) is 19.0 Å². The number of rotatable bonds is 1. The third kappa shape index (κ3) is 1.89. The molecule has 92 valence electrons. The lowest BCUT2D eigenvalue weighted by Gasteiger charge is -2.13. The summed E-state index contributed by atoms with van der Waals surface area (Å²) in [5.74, 6) is 0. The average molecular weight is 260 g/mol. The molecule has 2 nitrogen and oxygen atoms in total. The molecule has 3 rings (SSSR count). The van der Waals surface area contributed by atoms with Gasteiger partial charge in [-0.3, -0.25) is 0 Å². The Morgan fingerprint density at radius 2 is 1.22 bits per heavy atom. The van der Waals surface area contributed by atoms with Crippen LogP contribution in [0.4, 0.5) is 5.69 Å². The number of fused-ring (bicyclic) bond motifs is 2. The molecule has 0 bridgehead atoms. The van der Waals surface area contributed by atoms with Crippen molar-refractivity contribution in [1.82, 2.24) is 0 Å². The standard InChI is InChI=1S/C15H14NO.ClH/c1-16(2)15-11-7-3-5-9-13(11)17-14-10-6-4-8-12(14)15;/h3-10H,1-2H3;1H/q+1;/p-1. The van der Waals surface area contributed by atoms with Gasteiger partial charge in [-0.2, -0.15) is 0 Å². The van der Waals surface area contributed by atoms with Crippen molar-refractivity contribution >= 4 is 27.6 Å². The largest absolute Gasteiger partial charge is 1.00 e. The molecule has 0 amide bonds. The Kier molecular flexibility index (Phi) is 3.39. The number of hydrogen-bond acceptors (Lipinski definition) is 1. The maximum absolute atomic E-state index is 5.91. The van der Waals surface area contributed by atoms with E-state index in [1.54, 1.807) is 0 Å². The second-order valence-corrected chi connectivity index (χ2v) is 4.34. The van der Waals surface area contributed by atoms with E-state index in [1.807, 2.05) is 36.4 Å². The summed E-state index contributed by atoms with van der Waals surface area (Å²) >= 11 is 0. The highest BCUT2D eigenvalue weighted by Crippen LogP contribution is 2.34. The molecule has 0 radical (unpaired) electrons. The summed E-state index contributed by atoms with van der Waals surface area (Å²) in [6, 6.07) is 16.3. The number of benzene rings is 2. The highest BCUT2D eigenvalue weighted by atomic mass is 35.5. The molecule has 0 unspecified atom stereocenters. The van der Waals surface area contributed by atoms with Gasteiger partial charge in [-0.15, -0.1) is 0 Å². The Hall–Kier alpha value is -1.80. The Bertz CT molecular complexity index is 640. The molecular weight excluding hydrogens is 246 g/mol. The molecule has 0 aliphatic carbocycles. The van der Waals surface area contributed by atoms with Crippen molar-refractivity contribution in [2.45, 2.75) is 0 Å². The molecule has 0 spiro atoms. The summed E-state index contributed by atoms with van der Waals surface area (Å²) in [5, 5.41) is 2.30. The van der Waals surface area contributed by atoms with Crippen LogP contribution in [0.5, 0.6) is 0 Å². The zero-order chi connectivity index (χ0) is 11.8. The molecule has 1 heterocycles. The van der Waals surface area contributed by atoms with Crippen molar-refractivity contribution in [3.05, 3.63) is 48.5 Å². The van der Waals surface area contributed by atoms with Crippen LogP contribution in [0.15, 0.2) is 52.9 Å². The highest BCUT2D eigenvalue weighted by Gasteiger charge is 2.18. The van der Waals surface area contributed by atoms with Gasteiger partial charge in [0, 0.05) is 26.2 Å². The predicted octanol–water partition coefficient (Wildman–Crippen LogP) is 0.937. The monoisotopic (exact) mass is 259 g/mol. The van der Waals surface area contributed by atoms with Crippen molar-refractivity contribution in [2.24, 2.45) is 0 Å². The average Bonchev–Trinajstić information content (AvgIpc) is 2.35. The molecule has 0 saturated heterocycles. The van der Waals surface area contributed by atoms with Gasteiger partial charge in [-0.1, -0.05) is 24.3 Å². The normalized spacial score (nSPS) is 10.3. The van der Waals surface area contributed by atoms with Gasteiger partial charge in [0.2, 0.25) is 0 Å². The fourth-order valence-corrected chi connectivity index (χ4v) is 2.25. The number of para-hydroxylation sites is 2. The van der Waals surface area contributed by atoms with Crippen LogP contribution >= 0.6 is 0 Å². The summed E-state index contributed by atoms with van der Waals surface area (Å²) < 4.78 is 5.91. The van der Waals surface area contributed by atoms with Crippen LogP contribution in [0.2, 0.25) is 0 Å². The summed E-state index contributed by atoms with van der Waals surface area (Å²) in [6.45, 7) is 0. The Morgan fingerprint density at radius 1 is 0.778 bits per heavy atom. The number of halogens is 1. The minimum Gasteiger partial charge on any atom is -1.00 e. The van der Waals surface area contributed by atoms with Gasteiger partial charge in [0.05, 0.1) is 5.69 Å². The summed E-state index contributed by atoms with van der Waals surface area (Å²) in [4.78, 5) is 2.14. The van der Waals surface area contributed by atoms with Crippen LogP contribution < -0.4 is 17.3 Å². The Labute approximate surface area is 112 Å². The smallest absolute Gasteiger partial charge is 0.362 e. The van der Waals surface area contributed by atoms with Crippen molar-refractivity contribution in [1.29, 1.82) is 0 Å². The summed E-state index contributed by atoms with van der Waals surface area (Å²) in [7, 11) is 4.13. The van der Waals surface area contributed by atoms with Crippen molar-refractivity contribution in [3.63, 3.8) is 0 Å². The van der Waals surface area contributed by atoms with Gasteiger partial charge in [0.1, 0.15) is 10.8 Å². The van der Waals surface area contributed by atoms with E-state index in [0.29, 0.717) is 0 Å². The molecule has 1 aromatic heterocycles. The molecule has 3 heteroatoms. The van der Waals surface area contributed by atoms with Crippen LogP contribution in [-0.4, -0.2) is 14.1 Å². The second-order valence-electron chi connectivity index (χ2n) is 4.34. The maximum Gasteiger partial charge on any atom is 0.362 e. The van der Waals surface area contributed by atoms with E-state index < -0.39 is 0 Å². The number of anilines is 1. The zero-order valence-corrected chi connectivity index (χ0v) is 11.1. The zero-order valence-electron chi connectivity index (χ0n) is 10.4. The third-order valence-electron chi connectivity index (χ3n) is 2.95. The van der Waals surface area contributed by atoms with E-state index in [4.69, 9.17) is 4.42 Å². The van der Waals surface area contributed by atoms with Crippen LogP contribution in [0.1, 0.15) is 0 Å². The van der Waals surface area contributed by atoms with E-state index in [2.05, 4.69) is 31.1 Å². The van der Waals surface area contributed by atoms with Gasteiger partial charge in [-0.25, -0.2) is 4.42 Å². The lowest BCUT2D eigenvalue weighted by molar-refractivity contribution is -0.00000385. The molecular formula is C15H14ClNO. The number of nitrogens with zero attached hydrogens (tertiary/aromatic N) is 1. The molecule has 0 N–H and O–H groups in total. The molecule has 18 heavy (non-hydrogen) atoms. The highest BCUT2D eigenvalue weighted by molar-refractivity contribution is 6.05. The molecule has 3 aromatic rings. The predicted molar refractivity (Wildman–Crippen MR) is 72.5 cm³/mol. The molecule has 0 atom stereocenters. The first-order valence-electron chi connectivity index (χ1n) is 5.68. The van der Waals surface area contributed by atoms with Gasteiger partial charge < -0.3 is 17.3 Å². The SMILES string of the molecule is CN(C)c1c2ccccc2[o+]c2ccccc12.[Cl-]. The van der Waals surface area contributed by atoms with Gasteiger partial charge in [0.25, 0.3) is 0 Å². The molecule has 0 saturated carbocycles. The van der Waals surface area contributed by atoms with E-state index in [1.165, 1.54) is 5.69 Å². The lowest BCUT2D eigenvalue weighted by Crippen LogP contribution is -3.00.